The molecule has 2 aromatic rings. The molecule has 0 bridgehead atoms. The fourth-order valence-electron chi connectivity index (χ4n) is 4.75. The molecule has 3 rings (SSSR count). The van der Waals surface area contributed by atoms with E-state index in [2.05, 4.69) is 24.3 Å². The Morgan fingerprint density at radius 1 is 0.533 bits per heavy atom. The Morgan fingerprint density at radius 3 is 1.20 bits per heavy atom. The van der Waals surface area contributed by atoms with Crippen LogP contribution in [0.25, 0.3) is 0 Å². The van der Waals surface area contributed by atoms with Crippen LogP contribution < -0.4 is 9.47 Å². The smallest absolute Gasteiger partial charge is 0.292 e. The van der Waals surface area contributed by atoms with Crippen LogP contribution in [0.2, 0.25) is 0 Å². The van der Waals surface area contributed by atoms with Crippen molar-refractivity contribution in [1.82, 2.24) is 0 Å². The molecule has 30 heavy (non-hydrogen) atoms. The van der Waals surface area contributed by atoms with Crippen molar-refractivity contribution < 1.29 is 9.47 Å². The van der Waals surface area contributed by atoms with Crippen molar-refractivity contribution in [2.75, 3.05) is 0 Å². The van der Waals surface area contributed by atoms with E-state index in [-0.39, 0.29) is 5.41 Å². The van der Waals surface area contributed by atoms with Gasteiger partial charge in [0.05, 0.1) is 0 Å². The summed E-state index contributed by atoms with van der Waals surface area (Å²) in [5.41, 5.74) is 2.44. The highest BCUT2D eigenvalue weighted by Crippen LogP contribution is 2.43. The van der Waals surface area contributed by atoms with E-state index < -0.39 is 0 Å². The Kier molecular flexibility index (Phi) is 8.16. The molecule has 0 radical (unpaired) electrons. The average molecular weight is 403 g/mol. The molecule has 0 aliphatic heterocycles. The van der Waals surface area contributed by atoms with Crippen LogP contribution in [-0.2, 0) is 5.41 Å². The van der Waals surface area contributed by atoms with Gasteiger partial charge in [0.25, 0.3) is 12.5 Å². The Bertz CT molecular complexity index is 786. The predicted octanol–water partition coefficient (Wildman–Crippen LogP) is 7.00. The van der Waals surface area contributed by atoms with Gasteiger partial charge in [-0.05, 0) is 48.2 Å². The van der Waals surface area contributed by atoms with Crippen LogP contribution in [0.15, 0.2) is 48.5 Å². The summed E-state index contributed by atoms with van der Waals surface area (Å²) in [6.45, 7) is 0. The molecule has 0 heterocycles. The van der Waals surface area contributed by atoms with E-state index in [9.17, 15) is 0 Å². The number of nitrogens with zero attached hydrogens (tertiary/aromatic N) is 2. The predicted molar refractivity (Wildman–Crippen MR) is 117 cm³/mol. The van der Waals surface area contributed by atoms with Crippen molar-refractivity contribution in [2.24, 2.45) is 0 Å². The minimum absolute atomic E-state index is 0.0878. The summed E-state index contributed by atoms with van der Waals surface area (Å²) in [7, 11) is 0. The molecule has 0 unspecified atom stereocenters. The first-order valence-electron chi connectivity index (χ1n) is 11.1. The van der Waals surface area contributed by atoms with Gasteiger partial charge in [-0.15, -0.1) is 10.5 Å². The van der Waals surface area contributed by atoms with Gasteiger partial charge >= 0.3 is 0 Å². The van der Waals surface area contributed by atoms with E-state index >= 15 is 0 Å². The molecule has 1 saturated carbocycles. The summed E-state index contributed by atoms with van der Waals surface area (Å²) in [6, 6.07) is 16.0. The van der Waals surface area contributed by atoms with Gasteiger partial charge in [0.15, 0.2) is 0 Å². The molecule has 1 aliphatic carbocycles. The number of rotatable bonds is 4. The van der Waals surface area contributed by atoms with Crippen molar-refractivity contribution in [2.45, 2.75) is 76.0 Å². The molecule has 0 aromatic heterocycles. The van der Waals surface area contributed by atoms with Crippen molar-refractivity contribution >= 4 is 0 Å². The number of nitriles is 2. The van der Waals surface area contributed by atoms with E-state index in [1.807, 2.05) is 24.3 Å². The van der Waals surface area contributed by atoms with Crippen LogP contribution in [0.1, 0.15) is 81.8 Å². The lowest BCUT2D eigenvalue weighted by Crippen LogP contribution is -2.28. The molecule has 4 heteroatoms. The first-order chi connectivity index (χ1) is 14.8. The lowest BCUT2D eigenvalue weighted by molar-refractivity contribution is 0.382. The Morgan fingerprint density at radius 2 is 0.867 bits per heavy atom. The van der Waals surface area contributed by atoms with Crippen LogP contribution >= 0.6 is 0 Å². The van der Waals surface area contributed by atoms with E-state index in [0.717, 1.165) is 12.8 Å². The molecule has 1 fully saturated rings. The molecule has 4 nitrogen and oxygen atoms in total. The minimum atomic E-state index is -0.0878. The summed E-state index contributed by atoms with van der Waals surface area (Å²) < 4.78 is 10.00. The van der Waals surface area contributed by atoms with Gasteiger partial charge in [-0.2, -0.15) is 0 Å². The van der Waals surface area contributed by atoms with Gasteiger partial charge in [-0.3, -0.25) is 0 Å². The standard InChI is InChI=1S/C26H30N2O2/c27-20-29-24-14-10-22(11-15-24)26(23-12-16-25(17-13-23)30-21-28)18-8-6-4-2-1-3-5-7-9-19-26/h10-17H,1-9,18-19H2. The summed E-state index contributed by atoms with van der Waals surface area (Å²) in [5, 5.41) is 17.6. The third kappa shape index (κ3) is 5.55. The number of hydrogen-bond donors (Lipinski definition) is 0. The highest BCUT2D eigenvalue weighted by atomic mass is 16.5. The van der Waals surface area contributed by atoms with Gasteiger partial charge in [0.1, 0.15) is 11.5 Å². The molecule has 0 N–H and O–H groups in total. The Labute approximate surface area is 180 Å². The maximum Gasteiger partial charge on any atom is 0.292 e. The van der Waals surface area contributed by atoms with Crippen LogP contribution in [0.5, 0.6) is 11.5 Å². The fraction of sp³-hybridized carbons (Fsp3) is 0.462. The first-order valence-corrected chi connectivity index (χ1v) is 11.1. The molecule has 156 valence electrons. The molecule has 0 spiro atoms. The number of hydrogen-bond acceptors (Lipinski definition) is 4. The Balaban J connectivity index is 1.98. The molecule has 1 aliphatic rings. The monoisotopic (exact) mass is 402 g/mol. The maximum atomic E-state index is 8.81. The molecule has 0 saturated heterocycles. The topological polar surface area (TPSA) is 66.0 Å². The minimum Gasteiger partial charge on any atom is -0.388 e. The van der Waals surface area contributed by atoms with Crippen molar-refractivity contribution in [3.8, 4) is 24.0 Å². The summed E-state index contributed by atoms with van der Waals surface area (Å²) in [4.78, 5) is 0. The zero-order chi connectivity index (χ0) is 21.1. The zero-order valence-corrected chi connectivity index (χ0v) is 17.6. The molecule has 2 aromatic carbocycles. The number of ether oxygens (including phenoxy) is 2. The van der Waals surface area contributed by atoms with Gasteiger partial charge in [-0.25, -0.2) is 0 Å². The van der Waals surface area contributed by atoms with Crippen molar-refractivity contribution in [3.63, 3.8) is 0 Å². The van der Waals surface area contributed by atoms with Crippen LogP contribution in [-0.4, -0.2) is 0 Å². The third-order valence-electron chi connectivity index (χ3n) is 6.35. The van der Waals surface area contributed by atoms with Crippen LogP contribution in [0.4, 0.5) is 0 Å². The van der Waals surface area contributed by atoms with Gasteiger partial charge < -0.3 is 9.47 Å². The third-order valence-corrected chi connectivity index (χ3v) is 6.35. The van der Waals surface area contributed by atoms with E-state index in [4.69, 9.17) is 20.0 Å². The fourth-order valence-corrected chi connectivity index (χ4v) is 4.75. The zero-order valence-electron chi connectivity index (χ0n) is 17.6. The molecular formula is C26H30N2O2. The van der Waals surface area contributed by atoms with Gasteiger partial charge in [0.2, 0.25) is 0 Å². The molecule has 0 atom stereocenters. The van der Waals surface area contributed by atoms with Gasteiger partial charge in [0, 0.05) is 5.41 Å². The normalized spacial score (nSPS) is 17.4. The highest BCUT2D eigenvalue weighted by molar-refractivity contribution is 5.43. The lowest BCUT2D eigenvalue weighted by atomic mass is 9.67. The first kappa shape index (κ1) is 21.7. The second-order valence-corrected chi connectivity index (χ2v) is 8.20. The van der Waals surface area contributed by atoms with Crippen LogP contribution in [0.3, 0.4) is 0 Å². The highest BCUT2D eigenvalue weighted by Gasteiger charge is 2.33. The lowest BCUT2D eigenvalue weighted by Gasteiger charge is -2.36. The van der Waals surface area contributed by atoms with Crippen molar-refractivity contribution in [1.29, 1.82) is 10.5 Å². The summed E-state index contributed by atoms with van der Waals surface area (Å²) in [5.74, 6) is 1.14. The van der Waals surface area contributed by atoms with Crippen molar-refractivity contribution in [3.05, 3.63) is 59.7 Å². The quantitative estimate of drug-likeness (QED) is 0.517. The van der Waals surface area contributed by atoms with Crippen LogP contribution in [0, 0.1) is 23.0 Å². The SMILES string of the molecule is N#COc1ccc(C2(c3ccc(OC#N)cc3)CCCCCCCCCCC2)cc1. The second kappa shape index (κ2) is 11.3. The largest absolute Gasteiger partial charge is 0.388 e. The number of benzene rings is 2. The van der Waals surface area contributed by atoms with Gasteiger partial charge in [-0.1, -0.05) is 82.1 Å². The molecular weight excluding hydrogens is 372 g/mol. The van der Waals surface area contributed by atoms with E-state index in [0.29, 0.717) is 11.5 Å². The Hall–Kier alpha value is -2.98. The van der Waals surface area contributed by atoms with E-state index in [1.54, 1.807) is 12.5 Å². The summed E-state index contributed by atoms with van der Waals surface area (Å²) in [6.07, 6.45) is 17.2. The van der Waals surface area contributed by atoms with E-state index in [1.165, 1.54) is 68.9 Å². The maximum absolute atomic E-state index is 8.81. The average Bonchev–Trinajstić information content (AvgIpc) is 2.76. The molecule has 0 amide bonds. The second-order valence-electron chi connectivity index (χ2n) is 8.20. The summed E-state index contributed by atoms with van der Waals surface area (Å²) >= 11 is 0.